The van der Waals surface area contributed by atoms with E-state index in [-0.39, 0.29) is 11.5 Å². The van der Waals surface area contributed by atoms with Crippen molar-refractivity contribution in [3.05, 3.63) is 112 Å². The number of benzene rings is 2. The van der Waals surface area contributed by atoms with Crippen molar-refractivity contribution in [2.24, 2.45) is 5.10 Å². The first-order valence-corrected chi connectivity index (χ1v) is 11.9. The molecule has 0 spiro atoms. The molecule has 0 amide bonds. The lowest BCUT2D eigenvalue weighted by atomic mass is 9.99. The van der Waals surface area contributed by atoms with Crippen molar-refractivity contribution in [3.8, 4) is 5.75 Å². The van der Waals surface area contributed by atoms with Gasteiger partial charge in [-0.05, 0) is 74.6 Å². The number of nitrogens with one attached hydrogen (secondary N) is 1. The first kappa shape index (κ1) is 24.2. The molecular weight excluding hydrogens is 436 g/mol. The molecule has 2 heterocycles. The molecule has 3 aromatic rings. The maximum Gasteiger partial charge on any atom is 0.274 e. The number of hydrogen-bond acceptors (Lipinski definition) is 5. The van der Waals surface area contributed by atoms with Gasteiger partial charge in [0, 0.05) is 17.7 Å². The molecule has 0 bridgehead atoms. The SMILES string of the molecule is C=C(C)Cc1ccccc1NCc1cc(=O)n2c(n1)C(C)CCC(c1ccc(OC(=C)C)cc1)=N2. The van der Waals surface area contributed by atoms with Gasteiger partial charge in [0.1, 0.15) is 11.6 Å². The Hall–Kier alpha value is -3.93. The van der Waals surface area contributed by atoms with Gasteiger partial charge < -0.3 is 10.1 Å². The highest BCUT2D eigenvalue weighted by Crippen LogP contribution is 2.25. The fourth-order valence-corrected chi connectivity index (χ4v) is 4.18. The zero-order valence-corrected chi connectivity index (χ0v) is 20.7. The van der Waals surface area contributed by atoms with Gasteiger partial charge in [-0.15, -0.1) is 0 Å². The van der Waals surface area contributed by atoms with E-state index in [1.165, 1.54) is 10.2 Å². The molecule has 1 unspecified atom stereocenters. The maximum absolute atomic E-state index is 13.1. The summed E-state index contributed by atoms with van der Waals surface area (Å²) in [7, 11) is 0. The van der Waals surface area contributed by atoms with Crippen LogP contribution >= 0.6 is 0 Å². The highest BCUT2D eigenvalue weighted by atomic mass is 16.5. The maximum atomic E-state index is 13.1. The van der Waals surface area contributed by atoms with Crippen LogP contribution in [0.1, 0.15) is 62.2 Å². The number of fused-ring (bicyclic) bond motifs is 1. The van der Waals surface area contributed by atoms with E-state index in [1.807, 2.05) is 56.3 Å². The highest BCUT2D eigenvalue weighted by molar-refractivity contribution is 6.00. The van der Waals surface area contributed by atoms with Crippen molar-refractivity contribution in [1.82, 2.24) is 9.66 Å². The lowest BCUT2D eigenvalue weighted by Gasteiger charge is -2.15. The summed E-state index contributed by atoms with van der Waals surface area (Å²) in [5.74, 6) is 2.16. The average molecular weight is 469 g/mol. The molecule has 0 saturated carbocycles. The molecule has 1 aliphatic rings. The summed E-state index contributed by atoms with van der Waals surface area (Å²) in [6.07, 6.45) is 2.42. The third kappa shape index (κ3) is 5.96. The number of hydrogen-bond donors (Lipinski definition) is 1. The van der Waals surface area contributed by atoms with Crippen molar-refractivity contribution in [3.63, 3.8) is 0 Å². The van der Waals surface area contributed by atoms with Gasteiger partial charge in [-0.1, -0.05) is 43.9 Å². The molecule has 0 radical (unpaired) electrons. The van der Waals surface area contributed by atoms with Crippen LogP contribution < -0.4 is 15.6 Å². The van der Waals surface area contributed by atoms with Gasteiger partial charge in [-0.25, -0.2) is 4.98 Å². The molecule has 35 heavy (non-hydrogen) atoms. The van der Waals surface area contributed by atoms with E-state index in [9.17, 15) is 4.79 Å². The first-order valence-electron chi connectivity index (χ1n) is 11.9. The summed E-state index contributed by atoms with van der Waals surface area (Å²) < 4.78 is 7.02. The van der Waals surface area contributed by atoms with E-state index in [4.69, 9.17) is 14.8 Å². The van der Waals surface area contributed by atoms with Gasteiger partial charge in [-0.2, -0.15) is 9.78 Å². The van der Waals surface area contributed by atoms with E-state index in [0.29, 0.717) is 23.8 Å². The van der Waals surface area contributed by atoms with Crippen LogP contribution in [0.2, 0.25) is 0 Å². The summed E-state index contributed by atoms with van der Waals surface area (Å²) in [6.45, 7) is 14.2. The second-order valence-electron chi connectivity index (χ2n) is 9.22. The monoisotopic (exact) mass is 468 g/mol. The van der Waals surface area contributed by atoms with Gasteiger partial charge in [0.25, 0.3) is 5.56 Å². The number of anilines is 1. The lowest BCUT2D eigenvalue weighted by molar-refractivity contribution is 0.430. The number of allylic oxidation sites excluding steroid dienone is 2. The molecule has 6 nitrogen and oxygen atoms in total. The molecule has 1 aromatic heterocycles. The predicted octanol–water partition coefficient (Wildman–Crippen LogP) is 6.04. The van der Waals surface area contributed by atoms with Crippen LogP contribution in [0.4, 0.5) is 5.69 Å². The molecule has 1 atom stereocenters. The number of rotatable bonds is 8. The van der Waals surface area contributed by atoms with E-state index >= 15 is 0 Å². The van der Waals surface area contributed by atoms with Crippen LogP contribution in [0.3, 0.4) is 0 Å². The van der Waals surface area contributed by atoms with Crippen LogP contribution in [-0.4, -0.2) is 15.4 Å². The molecule has 0 fully saturated rings. The Balaban J connectivity index is 1.59. The third-order valence-corrected chi connectivity index (χ3v) is 5.90. The van der Waals surface area contributed by atoms with Gasteiger partial charge >= 0.3 is 0 Å². The Morgan fingerprint density at radius 2 is 1.89 bits per heavy atom. The Bertz CT molecular complexity index is 1340. The molecule has 1 aliphatic heterocycles. The van der Waals surface area contributed by atoms with Gasteiger partial charge in [0.15, 0.2) is 0 Å². The summed E-state index contributed by atoms with van der Waals surface area (Å²) in [5.41, 5.74) is 5.66. The normalized spacial score (nSPS) is 14.9. The minimum absolute atomic E-state index is 0.102. The predicted molar refractivity (Wildman–Crippen MR) is 142 cm³/mol. The van der Waals surface area contributed by atoms with E-state index in [2.05, 4.69) is 31.5 Å². The van der Waals surface area contributed by atoms with Crippen LogP contribution in [0.15, 0.2) is 89.0 Å². The van der Waals surface area contributed by atoms with Crippen LogP contribution in [0, 0.1) is 0 Å². The zero-order chi connectivity index (χ0) is 24.9. The molecule has 4 rings (SSSR count). The summed E-state index contributed by atoms with van der Waals surface area (Å²) >= 11 is 0. The Kier molecular flexibility index (Phi) is 7.30. The Labute approximate surface area is 206 Å². The highest BCUT2D eigenvalue weighted by Gasteiger charge is 2.21. The fraction of sp³-hybridized carbons (Fsp3) is 0.276. The molecule has 0 saturated heterocycles. The summed E-state index contributed by atoms with van der Waals surface area (Å²) in [6, 6.07) is 17.4. The first-order chi connectivity index (χ1) is 16.8. The minimum Gasteiger partial charge on any atom is -0.463 e. The standard InChI is InChI=1S/C29H32N4O2/c1-19(2)16-23-8-6-7-9-26(23)30-18-24-17-28(34)33-29(31-24)21(5)10-15-27(32-33)22-11-13-25(14-12-22)35-20(3)4/h6-9,11-14,17,21,30H,1,3,10,15-16,18H2,2,4-5H3. The van der Waals surface area contributed by atoms with Crippen molar-refractivity contribution in [1.29, 1.82) is 0 Å². The summed E-state index contributed by atoms with van der Waals surface area (Å²) in [5, 5.41) is 8.17. The number of ether oxygens (including phenoxy) is 1. The van der Waals surface area contributed by atoms with E-state index < -0.39 is 0 Å². The molecular formula is C29H32N4O2. The molecule has 2 aromatic carbocycles. The van der Waals surface area contributed by atoms with Crippen molar-refractivity contribution >= 4 is 11.4 Å². The second kappa shape index (κ2) is 10.6. The fourth-order valence-electron chi connectivity index (χ4n) is 4.18. The van der Waals surface area contributed by atoms with Gasteiger partial charge in [0.05, 0.1) is 23.7 Å². The lowest BCUT2D eigenvalue weighted by Crippen LogP contribution is -2.24. The smallest absolute Gasteiger partial charge is 0.274 e. The minimum atomic E-state index is -0.171. The molecule has 180 valence electrons. The van der Waals surface area contributed by atoms with E-state index in [0.717, 1.165) is 47.5 Å². The van der Waals surface area contributed by atoms with Crippen LogP contribution in [0.5, 0.6) is 5.75 Å². The number of para-hydroxylation sites is 1. The Morgan fingerprint density at radius 3 is 2.60 bits per heavy atom. The third-order valence-electron chi connectivity index (χ3n) is 5.90. The van der Waals surface area contributed by atoms with Crippen molar-refractivity contribution in [2.75, 3.05) is 5.32 Å². The van der Waals surface area contributed by atoms with E-state index in [1.54, 1.807) is 6.07 Å². The quantitative estimate of drug-likeness (QED) is 0.323. The number of nitrogens with zero attached hydrogens (tertiary/aromatic N) is 3. The second-order valence-corrected chi connectivity index (χ2v) is 9.22. The Morgan fingerprint density at radius 1 is 1.14 bits per heavy atom. The molecule has 0 aliphatic carbocycles. The van der Waals surface area contributed by atoms with Crippen molar-refractivity contribution in [2.45, 2.75) is 52.5 Å². The topological polar surface area (TPSA) is 68.5 Å². The molecule has 1 N–H and O–H groups in total. The van der Waals surface area contributed by atoms with Crippen LogP contribution in [-0.2, 0) is 13.0 Å². The van der Waals surface area contributed by atoms with Gasteiger partial charge in [0.2, 0.25) is 0 Å². The zero-order valence-electron chi connectivity index (χ0n) is 20.7. The number of aromatic nitrogens is 2. The summed E-state index contributed by atoms with van der Waals surface area (Å²) in [4.78, 5) is 17.9. The molecule has 6 heteroatoms. The van der Waals surface area contributed by atoms with Crippen molar-refractivity contribution < 1.29 is 4.74 Å². The average Bonchev–Trinajstić information content (AvgIpc) is 2.98. The van der Waals surface area contributed by atoms with Gasteiger partial charge in [-0.3, -0.25) is 4.79 Å². The van der Waals surface area contributed by atoms with Crippen LogP contribution in [0.25, 0.3) is 0 Å². The largest absolute Gasteiger partial charge is 0.463 e.